The lowest BCUT2D eigenvalue weighted by Crippen LogP contribution is -2.55. The molecule has 0 aliphatic carbocycles. The van der Waals surface area contributed by atoms with Crippen molar-refractivity contribution in [2.75, 3.05) is 24.6 Å². The first kappa shape index (κ1) is 20.6. The summed E-state index contributed by atoms with van der Waals surface area (Å²) in [6, 6.07) is 0. The van der Waals surface area contributed by atoms with Crippen molar-refractivity contribution in [2.45, 2.75) is 66.0 Å². The van der Waals surface area contributed by atoms with Gasteiger partial charge in [-0.3, -0.25) is 0 Å². The molecule has 2 N–H and O–H groups in total. The average Bonchev–Trinajstić information content (AvgIpc) is 2.34. The van der Waals surface area contributed by atoms with Crippen molar-refractivity contribution in [1.29, 1.82) is 0 Å². The van der Waals surface area contributed by atoms with Crippen molar-refractivity contribution in [3.8, 4) is 0 Å². The second kappa shape index (κ2) is 9.57. The predicted molar refractivity (Wildman–Crippen MR) is 93.1 cm³/mol. The zero-order chi connectivity index (χ0) is 16.5. The number of carbonyl (C=O) groups is 1. The van der Waals surface area contributed by atoms with Crippen LogP contribution >= 0.6 is 11.8 Å². The monoisotopic (exact) mass is 318 g/mol. The molecule has 0 rings (SSSR count). The third-order valence-electron chi connectivity index (χ3n) is 3.47. The lowest BCUT2D eigenvalue weighted by Gasteiger charge is -2.35. The standard InChI is InChI=1S/C16H34N2O2S/c1-8-21-11-9-10-18-16(7,13(2)3)12-17-14(19)20-15(4,5)6/h13,18H,8-12H2,1-7H3,(H,17,19). The summed E-state index contributed by atoms with van der Waals surface area (Å²) >= 11 is 1.96. The van der Waals surface area contributed by atoms with Gasteiger partial charge in [-0.15, -0.1) is 0 Å². The molecular formula is C16H34N2O2S. The summed E-state index contributed by atoms with van der Waals surface area (Å²) in [5.41, 5.74) is -0.573. The van der Waals surface area contributed by atoms with E-state index < -0.39 is 5.60 Å². The van der Waals surface area contributed by atoms with Crippen LogP contribution in [0.3, 0.4) is 0 Å². The molecule has 1 amide bonds. The van der Waals surface area contributed by atoms with Crippen molar-refractivity contribution < 1.29 is 9.53 Å². The van der Waals surface area contributed by atoms with Crippen LogP contribution in [0.2, 0.25) is 0 Å². The Kier molecular flexibility index (Phi) is 9.38. The highest BCUT2D eigenvalue weighted by Gasteiger charge is 2.28. The smallest absolute Gasteiger partial charge is 0.407 e. The molecule has 1 atom stereocenters. The number of alkyl carbamates (subject to hydrolysis) is 1. The minimum Gasteiger partial charge on any atom is -0.444 e. The third-order valence-corrected chi connectivity index (χ3v) is 4.46. The molecule has 0 aromatic rings. The number of amides is 1. The molecule has 1 unspecified atom stereocenters. The molecule has 0 spiro atoms. The van der Waals surface area contributed by atoms with Crippen molar-refractivity contribution in [2.24, 2.45) is 5.92 Å². The molecule has 4 nitrogen and oxygen atoms in total. The van der Waals surface area contributed by atoms with Gasteiger partial charge < -0.3 is 15.4 Å². The fraction of sp³-hybridized carbons (Fsp3) is 0.938. The van der Waals surface area contributed by atoms with Gasteiger partial charge in [0.25, 0.3) is 0 Å². The van der Waals surface area contributed by atoms with Crippen LogP contribution in [0.5, 0.6) is 0 Å². The number of ether oxygens (including phenoxy) is 1. The summed E-state index contributed by atoms with van der Waals surface area (Å²) in [6.07, 6.45) is 0.797. The second-order valence-electron chi connectivity index (χ2n) is 6.90. The minimum atomic E-state index is -0.455. The van der Waals surface area contributed by atoms with Crippen LogP contribution < -0.4 is 10.6 Å². The van der Waals surface area contributed by atoms with Gasteiger partial charge in [-0.2, -0.15) is 11.8 Å². The summed E-state index contributed by atoms with van der Waals surface area (Å²) in [5.74, 6) is 2.77. The average molecular weight is 319 g/mol. The van der Waals surface area contributed by atoms with Crippen molar-refractivity contribution in [1.82, 2.24) is 10.6 Å². The van der Waals surface area contributed by atoms with Gasteiger partial charge in [0.2, 0.25) is 0 Å². The Bertz CT molecular complexity index is 303. The molecule has 0 radical (unpaired) electrons. The van der Waals surface area contributed by atoms with Crippen LogP contribution in [-0.2, 0) is 4.74 Å². The van der Waals surface area contributed by atoms with Gasteiger partial charge in [0.1, 0.15) is 5.60 Å². The van der Waals surface area contributed by atoms with E-state index in [4.69, 9.17) is 4.74 Å². The van der Waals surface area contributed by atoms with Gasteiger partial charge in [-0.25, -0.2) is 4.79 Å². The topological polar surface area (TPSA) is 50.4 Å². The predicted octanol–water partition coefficient (Wildman–Crippen LogP) is 3.66. The first-order valence-corrected chi connectivity index (χ1v) is 9.06. The van der Waals surface area contributed by atoms with Crippen LogP contribution in [0, 0.1) is 5.92 Å². The van der Waals surface area contributed by atoms with E-state index in [1.54, 1.807) is 0 Å². The summed E-state index contributed by atoms with van der Waals surface area (Å²) in [5, 5.41) is 6.47. The van der Waals surface area contributed by atoms with E-state index >= 15 is 0 Å². The fourth-order valence-corrected chi connectivity index (χ4v) is 2.37. The first-order valence-electron chi connectivity index (χ1n) is 7.90. The number of hydrogen-bond donors (Lipinski definition) is 2. The number of rotatable bonds is 9. The number of hydrogen-bond acceptors (Lipinski definition) is 4. The van der Waals surface area contributed by atoms with Gasteiger partial charge >= 0.3 is 6.09 Å². The largest absolute Gasteiger partial charge is 0.444 e. The molecular weight excluding hydrogens is 284 g/mol. The Labute approximate surface area is 135 Å². The molecule has 0 aliphatic heterocycles. The third kappa shape index (κ3) is 10.0. The minimum absolute atomic E-state index is 0.117. The molecule has 0 aromatic carbocycles. The number of thioether (sulfide) groups is 1. The molecule has 0 aliphatic rings. The summed E-state index contributed by atoms with van der Waals surface area (Å²) in [4.78, 5) is 11.8. The fourth-order valence-electron chi connectivity index (χ4n) is 1.73. The molecule has 5 heteroatoms. The molecule has 0 saturated heterocycles. The molecule has 126 valence electrons. The van der Waals surface area contributed by atoms with Crippen molar-refractivity contribution in [3.05, 3.63) is 0 Å². The summed E-state index contributed by atoms with van der Waals surface area (Å²) in [7, 11) is 0. The maximum Gasteiger partial charge on any atom is 0.407 e. The molecule has 0 fully saturated rings. The van der Waals surface area contributed by atoms with Gasteiger partial charge in [0.15, 0.2) is 0 Å². The lowest BCUT2D eigenvalue weighted by molar-refractivity contribution is 0.0503. The van der Waals surface area contributed by atoms with E-state index in [1.165, 1.54) is 11.5 Å². The normalized spacial score (nSPS) is 14.9. The van der Waals surface area contributed by atoms with Gasteiger partial charge in [0.05, 0.1) is 0 Å². The summed E-state index contributed by atoms with van der Waals surface area (Å²) in [6.45, 7) is 15.8. The Morgan fingerprint density at radius 1 is 1.24 bits per heavy atom. The van der Waals surface area contributed by atoms with Crippen LogP contribution in [-0.4, -0.2) is 41.8 Å². The summed E-state index contributed by atoms with van der Waals surface area (Å²) < 4.78 is 5.29. The molecule has 0 saturated carbocycles. The Morgan fingerprint density at radius 2 is 1.86 bits per heavy atom. The second-order valence-corrected chi connectivity index (χ2v) is 8.30. The van der Waals surface area contributed by atoms with Crippen molar-refractivity contribution >= 4 is 17.9 Å². The Morgan fingerprint density at radius 3 is 2.33 bits per heavy atom. The van der Waals surface area contributed by atoms with E-state index in [0.717, 1.165) is 13.0 Å². The van der Waals surface area contributed by atoms with Crippen molar-refractivity contribution in [3.63, 3.8) is 0 Å². The Balaban J connectivity index is 4.24. The molecule has 0 heterocycles. The molecule has 0 bridgehead atoms. The van der Waals surface area contributed by atoms with Crippen LogP contribution in [0.15, 0.2) is 0 Å². The maximum absolute atomic E-state index is 11.8. The maximum atomic E-state index is 11.8. The first-order chi connectivity index (χ1) is 9.60. The van der Waals surface area contributed by atoms with E-state index in [2.05, 4.69) is 38.3 Å². The van der Waals surface area contributed by atoms with Gasteiger partial charge in [-0.05, 0) is 58.1 Å². The molecule has 21 heavy (non-hydrogen) atoms. The van der Waals surface area contributed by atoms with E-state index in [1.807, 2.05) is 32.5 Å². The van der Waals surface area contributed by atoms with Crippen LogP contribution in [0.1, 0.15) is 54.9 Å². The zero-order valence-electron chi connectivity index (χ0n) is 14.8. The SMILES string of the molecule is CCSCCCNC(C)(CNC(=O)OC(C)(C)C)C(C)C. The molecule has 0 aromatic heterocycles. The van der Waals surface area contributed by atoms with Gasteiger partial charge in [0, 0.05) is 12.1 Å². The zero-order valence-corrected chi connectivity index (χ0v) is 15.7. The van der Waals surface area contributed by atoms with Crippen LogP contribution in [0.25, 0.3) is 0 Å². The van der Waals surface area contributed by atoms with E-state index in [0.29, 0.717) is 12.5 Å². The highest BCUT2D eigenvalue weighted by molar-refractivity contribution is 7.99. The quantitative estimate of drug-likeness (QED) is 0.637. The highest BCUT2D eigenvalue weighted by atomic mass is 32.2. The van der Waals surface area contributed by atoms with E-state index in [9.17, 15) is 4.79 Å². The van der Waals surface area contributed by atoms with E-state index in [-0.39, 0.29) is 11.6 Å². The highest BCUT2D eigenvalue weighted by Crippen LogP contribution is 2.16. The van der Waals surface area contributed by atoms with Crippen LogP contribution in [0.4, 0.5) is 4.79 Å². The number of carbonyl (C=O) groups excluding carboxylic acids is 1. The lowest BCUT2D eigenvalue weighted by atomic mass is 9.88. The van der Waals surface area contributed by atoms with Gasteiger partial charge in [-0.1, -0.05) is 20.8 Å². The Hall–Kier alpha value is -0.420. The number of nitrogens with one attached hydrogen (secondary N) is 2.